The van der Waals surface area contributed by atoms with Gasteiger partial charge in [-0.3, -0.25) is 4.79 Å². The molecule has 134 valence electrons. The third-order valence-electron chi connectivity index (χ3n) is 4.72. The summed E-state index contributed by atoms with van der Waals surface area (Å²) in [4.78, 5) is 25.4. The summed E-state index contributed by atoms with van der Waals surface area (Å²) in [5.74, 6) is 2.29. The van der Waals surface area contributed by atoms with Crippen molar-refractivity contribution in [1.29, 1.82) is 0 Å². The number of ether oxygens (including phenoxy) is 1. The summed E-state index contributed by atoms with van der Waals surface area (Å²) in [6.45, 7) is 7.03. The minimum absolute atomic E-state index is 0.0603. The molecule has 0 saturated carbocycles. The smallest absolute Gasteiger partial charge is 0.289 e. The Morgan fingerprint density at radius 2 is 2.08 bits per heavy atom. The predicted octanol–water partition coefficient (Wildman–Crippen LogP) is 2.35. The van der Waals surface area contributed by atoms with Gasteiger partial charge in [-0.25, -0.2) is 4.98 Å². The van der Waals surface area contributed by atoms with Crippen LogP contribution in [0.3, 0.4) is 0 Å². The SMILES string of the molecule is COc1cc(C)nc(N(C)C2CCN(C(=O)c3cc(C)c(C)o3)C2)n1. The summed E-state index contributed by atoms with van der Waals surface area (Å²) in [5.41, 5.74) is 1.85. The van der Waals surface area contributed by atoms with Crippen LogP contribution in [-0.2, 0) is 0 Å². The molecule has 3 rings (SSSR count). The zero-order valence-electron chi connectivity index (χ0n) is 15.4. The highest BCUT2D eigenvalue weighted by Gasteiger charge is 2.32. The number of furan rings is 1. The van der Waals surface area contributed by atoms with E-state index in [1.807, 2.05) is 43.7 Å². The molecule has 2 aromatic heterocycles. The van der Waals surface area contributed by atoms with Crippen LogP contribution in [0.4, 0.5) is 5.95 Å². The van der Waals surface area contributed by atoms with Crippen molar-refractivity contribution in [3.05, 3.63) is 34.9 Å². The number of methoxy groups -OCH3 is 1. The standard InChI is InChI=1S/C18H24N4O3/c1-11-8-15(25-13(11)3)17(23)22-7-6-14(10-22)21(4)18-19-12(2)9-16(20-18)24-5/h8-9,14H,6-7,10H2,1-5H3. The van der Waals surface area contributed by atoms with Gasteiger partial charge in [0.05, 0.1) is 13.2 Å². The van der Waals surface area contributed by atoms with Crippen LogP contribution < -0.4 is 9.64 Å². The van der Waals surface area contributed by atoms with Gasteiger partial charge >= 0.3 is 0 Å². The van der Waals surface area contributed by atoms with Gasteiger partial charge in [0.15, 0.2) is 5.76 Å². The Hall–Kier alpha value is -2.57. The third-order valence-corrected chi connectivity index (χ3v) is 4.72. The van der Waals surface area contributed by atoms with Gasteiger partial charge < -0.3 is 19.0 Å². The number of nitrogens with zero attached hydrogens (tertiary/aromatic N) is 4. The van der Waals surface area contributed by atoms with Crippen molar-refractivity contribution in [2.24, 2.45) is 0 Å². The Kier molecular flexibility index (Phi) is 4.65. The van der Waals surface area contributed by atoms with Crippen LogP contribution >= 0.6 is 0 Å². The summed E-state index contributed by atoms with van der Waals surface area (Å²) < 4.78 is 10.8. The Bertz CT molecular complexity index is 767. The van der Waals surface area contributed by atoms with Gasteiger partial charge in [0, 0.05) is 31.9 Å². The highest BCUT2D eigenvalue weighted by molar-refractivity contribution is 5.92. The number of carbonyl (C=O) groups is 1. The number of likely N-dealkylation sites (tertiary alicyclic amines) is 1. The van der Waals surface area contributed by atoms with Crippen molar-refractivity contribution in [1.82, 2.24) is 14.9 Å². The first-order valence-electron chi connectivity index (χ1n) is 8.38. The lowest BCUT2D eigenvalue weighted by molar-refractivity contribution is 0.0758. The first kappa shape index (κ1) is 17.3. The molecule has 0 spiro atoms. The van der Waals surface area contributed by atoms with Crippen molar-refractivity contribution in [2.45, 2.75) is 33.2 Å². The van der Waals surface area contributed by atoms with E-state index in [9.17, 15) is 4.79 Å². The predicted molar refractivity (Wildman–Crippen MR) is 94.2 cm³/mol. The van der Waals surface area contributed by atoms with Crippen LogP contribution in [0.5, 0.6) is 5.88 Å². The molecule has 1 aliphatic rings. The highest BCUT2D eigenvalue weighted by Crippen LogP contribution is 2.23. The van der Waals surface area contributed by atoms with Crippen LogP contribution in [-0.4, -0.2) is 54.1 Å². The van der Waals surface area contributed by atoms with Crippen LogP contribution in [0.2, 0.25) is 0 Å². The largest absolute Gasteiger partial charge is 0.481 e. The topological polar surface area (TPSA) is 71.7 Å². The lowest BCUT2D eigenvalue weighted by Gasteiger charge is -2.25. The molecule has 3 heterocycles. The molecule has 1 fully saturated rings. The van der Waals surface area contributed by atoms with Gasteiger partial charge in [0.2, 0.25) is 11.8 Å². The maximum absolute atomic E-state index is 12.6. The molecule has 1 amide bonds. The molecule has 0 bridgehead atoms. The number of hydrogen-bond acceptors (Lipinski definition) is 6. The Morgan fingerprint density at radius 1 is 1.32 bits per heavy atom. The van der Waals surface area contributed by atoms with E-state index in [4.69, 9.17) is 9.15 Å². The van der Waals surface area contributed by atoms with Gasteiger partial charge in [-0.2, -0.15) is 4.98 Å². The average Bonchev–Trinajstić information content (AvgIpc) is 3.20. The number of aromatic nitrogens is 2. The van der Waals surface area contributed by atoms with Gasteiger partial charge in [0.25, 0.3) is 5.91 Å². The molecule has 2 aromatic rings. The van der Waals surface area contributed by atoms with E-state index in [1.54, 1.807) is 13.2 Å². The normalized spacial score (nSPS) is 17.0. The van der Waals surface area contributed by atoms with Crippen molar-refractivity contribution < 1.29 is 13.9 Å². The number of aryl methyl sites for hydroxylation is 3. The molecular weight excluding hydrogens is 320 g/mol. The molecule has 1 unspecified atom stereocenters. The zero-order valence-corrected chi connectivity index (χ0v) is 15.4. The van der Waals surface area contributed by atoms with Crippen LogP contribution in [0, 0.1) is 20.8 Å². The number of hydrogen-bond donors (Lipinski definition) is 0. The first-order chi connectivity index (χ1) is 11.9. The molecular formula is C18H24N4O3. The van der Waals surface area contributed by atoms with Gasteiger partial charge in [-0.05, 0) is 38.8 Å². The summed E-state index contributed by atoms with van der Waals surface area (Å²) in [6.07, 6.45) is 0.862. The zero-order chi connectivity index (χ0) is 18.1. The van der Waals surface area contributed by atoms with Crippen molar-refractivity contribution in [3.8, 4) is 5.88 Å². The Balaban J connectivity index is 1.71. The number of carbonyl (C=O) groups excluding carboxylic acids is 1. The summed E-state index contributed by atoms with van der Waals surface area (Å²) in [6, 6.07) is 3.76. The van der Waals surface area contributed by atoms with Gasteiger partial charge in [0.1, 0.15) is 5.76 Å². The summed E-state index contributed by atoms with van der Waals surface area (Å²) >= 11 is 0. The minimum Gasteiger partial charge on any atom is -0.481 e. The van der Waals surface area contributed by atoms with E-state index in [2.05, 4.69) is 9.97 Å². The third kappa shape index (κ3) is 3.45. The van der Waals surface area contributed by atoms with E-state index in [-0.39, 0.29) is 11.9 Å². The molecule has 0 N–H and O–H groups in total. The van der Waals surface area contributed by atoms with E-state index in [0.717, 1.165) is 23.4 Å². The molecule has 25 heavy (non-hydrogen) atoms. The summed E-state index contributed by atoms with van der Waals surface area (Å²) in [7, 11) is 3.54. The number of rotatable bonds is 4. The molecule has 1 atom stereocenters. The molecule has 1 aliphatic heterocycles. The molecule has 0 radical (unpaired) electrons. The Morgan fingerprint density at radius 3 is 2.72 bits per heavy atom. The number of amides is 1. The van der Waals surface area contributed by atoms with E-state index in [1.165, 1.54) is 0 Å². The monoisotopic (exact) mass is 344 g/mol. The van der Waals surface area contributed by atoms with Crippen LogP contribution in [0.25, 0.3) is 0 Å². The maximum Gasteiger partial charge on any atom is 0.289 e. The van der Waals surface area contributed by atoms with Gasteiger partial charge in [-0.1, -0.05) is 0 Å². The number of likely N-dealkylation sites (N-methyl/N-ethyl adjacent to an activating group) is 1. The molecule has 0 aliphatic carbocycles. The fraction of sp³-hybridized carbons (Fsp3) is 0.500. The molecule has 7 heteroatoms. The summed E-state index contributed by atoms with van der Waals surface area (Å²) in [5, 5.41) is 0. The fourth-order valence-corrected chi connectivity index (χ4v) is 3.03. The fourth-order valence-electron chi connectivity index (χ4n) is 3.03. The first-order valence-corrected chi connectivity index (χ1v) is 8.38. The van der Waals surface area contributed by atoms with E-state index in [0.29, 0.717) is 30.7 Å². The second kappa shape index (κ2) is 6.74. The molecule has 0 aromatic carbocycles. The van der Waals surface area contributed by atoms with Gasteiger partial charge in [-0.15, -0.1) is 0 Å². The lowest BCUT2D eigenvalue weighted by Crippen LogP contribution is -2.37. The quantitative estimate of drug-likeness (QED) is 0.848. The van der Waals surface area contributed by atoms with E-state index >= 15 is 0 Å². The Labute approximate surface area is 147 Å². The van der Waals surface area contributed by atoms with Crippen LogP contribution in [0.15, 0.2) is 16.5 Å². The van der Waals surface area contributed by atoms with Crippen molar-refractivity contribution >= 4 is 11.9 Å². The van der Waals surface area contributed by atoms with Crippen molar-refractivity contribution in [2.75, 3.05) is 32.1 Å². The maximum atomic E-state index is 12.6. The number of anilines is 1. The second-order valence-corrected chi connectivity index (χ2v) is 6.51. The highest BCUT2D eigenvalue weighted by atomic mass is 16.5. The lowest BCUT2D eigenvalue weighted by atomic mass is 10.2. The van der Waals surface area contributed by atoms with E-state index < -0.39 is 0 Å². The van der Waals surface area contributed by atoms with Crippen molar-refractivity contribution in [3.63, 3.8) is 0 Å². The average molecular weight is 344 g/mol. The molecule has 1 saturated heterocycles. The van der Waals surface area contributed by atoms with Crippen LogP contribution in [0.1, 0.15) is 34.0 Å². The second-order valence-electron chi connectivity index (χ2n) is 6.51. The minimum atomic E-state index is -0.0603. The molecule has 7 nitrogen and oxygen atoms in total.